The summed E-state index contributed by atoms with van der Waals surface area (Å²) in [5, 5.41) is 10.7. The van der Waals surface area contributed by atoms with E-state index in [1.54, 1.807) is 18.3 Å². The molecule has 7 nitrogen and oxygen atoms in total. The summed E-state index contributed by atoms with van der Waals surface area (Å²) in [6.07, 6.45) is 1.23. The first-order chi connectivity index (χ1) is 15.0. The van der Waals surface area contributed by atoms with Crippen molar-refractivity contribution in [2.75, 3.05) is 17.3 Å². The average molecular weight is 474 g/mol. The van der Waals surface area contributed by atoms with Crippen molar-refractivity contribution >= 4 is 55.5 Å². The van der Waals surface area contributed by atoms with Crippen molar-refractivity contribution in [2.24, 2.45) is 0 Å². The normalized spacial score (nSPS) is 10.6. The van der Waals surface area contributed by atoms with E-state index in [0.717, 1.165) is 26.5 Å². The topological polar surface area (TPSA) is 87.3 Å². The smallest absolute Gasteiger partial charge is 0.278 e. The van der Waals surface area contributed by atoms with Gasteiger partial charge in [-0.1, -0.05) is 0 Å². The molecule has 4 rings (SSSR count). The number of methoxy groups -OCH3 is 1. The maximum atomic E-state index is 12.6. The predicted octanol–water partition coefficient (Wildman–Crippen LogP) is 3.38. The second kappa shape index (κ2) is 9.06. The van der Waals surface area contributed by atoms with Crippen molar-refractivity contribution in [1.29, 1.82) is 0 Å². The van der Waals surface area contributed by atoms with E-state index in [1.807, 2.05) is 54.6 Å². The fourth-order valence-electron chi connectivity index (χ4n) is 3.19. The molecule has 0 aliphatic carbocycles. The molecular weight excluding hydrogens is 455 g/mol. The number of carbonyl (C=O) groups is 2. The average Bonchev–Trinajstić information content (AvgIpc) is 3.27. The third-order valence-corrected chi connectivity index (χ3v) is 5.66. The zero-order valence-corrected chi connectivity index (χ0v) is 18.6. The molecule has 2 radical (unpaired) electrons. The Bertz CT molecular complexity index is 1240. The number of para-hydroxylation sites is 1. The molecule has 8 heteroatoms. The van der Waals surface area contributed by atoms with Gasteiger partial charge in [0.15, 0.2) is 0 Å². The summed E-state index contributed by atoms with van der Waals surface area (Å²) in [4.78, 5) is 26.5. The van der Waals surface area contributed by atoms with Crippen LogP contribution in [0.25, 0.3) is 10.9 Å². The molecule has 2 amide bonds. The Morgan fingerprint density at radius 2 is 1.87 bits per heavy atom. The van der Waals surface area contributed by atoms with Crippen LogP contribution in [-0.2, 0) is 11.3 Å². The number of H-pyrrole nitrogens is 1. The number of aromatic nitrogens is 2. The number of anilines is 2. The molecule has 0 saturated heterocycles. The van der Waals surface area contributed by atoms with Crippen molar-refractivity contribution in [3.05, 3.63) is 84.1 Å². The van der Waals surface area contributed by atoms with Crippen LogP contribution < -0.4 is 14.6 Å². The van der Waals surface area contributed by atoms with Crippen molar-refractivity contribution in [3.63, 3.8) is 0 Å². The number of nitrogens with one attached hydrogen (secondary N) is 2. The Morgan fingerprint density at radius 3 is 2.61 bits per heavy atom. The number of ether oxygens (including phenoxy) is 1. The molecule has 0 atom stereocenters. The monoisotopic (exact) mass is 474 g/mol. The number of amides is 2. The summed E-state index contributed by atoms with van der Waals surface area (Å²) >= 11 is 2.44. The molecule has 0 saturated carbocycles. The SMILES string of the molecule is COC(=O)N(Cc1ccc(C(=O)Nc2ccccc2[As])cc1)c1ccc2[nH]ncc2c1. The van der Waals surface area contributed by atoms with Gasteiger partial charge in [0.05, 0.1) is 18.8 Å². The molecule has 0 spiro atoms. The Labute approximate surface area is 187 Å². The van der Waals surface area contributed by atoms with Crippen molar-refractivity contribution < 1.29 is 14.3 Å². The molecule has 2 N–H and O–H groups in total. The first-order valence-corrected chi connectivity index (χ1v) is 10.5. The minimum atomic E-state index is -0.470. The standard InChI is InChI=1S/C23H19AsN4O3/c1-31-23(30)28(18-10-11-20-17(12-18)13-25-27-20)14-15-6-8-16(9-7-15)22(29)26-21-5-3-2-4-19(21)24/h2-13H,14H2,1H3,(H,25,27)(H,26,29). The summed E-state index contributed by atoms with van der Waals surface area (Å²) in [6, 6.07) is 20.3. The third kappa shape index (κ3) is 4.62. The van der Waals surface area contributed by atoms with Crippen molar-refractivity contribution in [2.45, 2.75) is 6.54 Å². The Kier molecular flexibility index (Phi) is 6.05. The van der Waals surface area contributed by atoms with E-state index in [9.17, 15) is 9.59 Å². The zero-order chi connectivity index (χ0) is 21.8. The molecule has 0 bridgehead atoms. The fourth-order valence-corrected chi connectivity index (χ4v) is 3.64. The van der Waals surface area contributed by atoms with Gasteiger partial charge in [-0.25, -0.2) is 0 Å². The molecule has 3 aromatic carbocycles. The van der Waals surface area contributed by atoms with Crippen LogP contribution in [-0.4, -0.2) is 46.2 Å². The van der Waals surface area contributed by atoms with E-state index in [1.165, 1.54) is 12.0 Å². The van der Waals surface area contributed by atoms with Gasteiger partial charge in [-0.3, -0.25) is 5.10 Å². The van der Waals surface area contributed by atoms with Crippen LogP contribution in [0, 0.1) is 0 Å². The molecule has 154 valence electrons. The second-order valence-corrected chi connectivity index (χ2v) is 7.88. The molecule has 0 aliphatic heterocycles. The molecule has 0 fully saturated rings. The summed E-state index contributed by atoms with van der Waals surface area (Å²) in [5.41, 5.74) is 3.73. The molecule has 0 unspecified atom stereocenters. The minimum absolute atomic E-state index is 0.194. The first-order valence-electron chi connectivity index (χ1n) is 9.52. The van der Waals surface area contributed by atoms with E-state index in [4.69, 9.17) is 4.74 Å². The van der Waals surface area contributed by atoms with Gasteiger partial charge in [0.25, 0.3) is 0 Å². The van der Waals surface area contributed by atoms with Crippen LogP contribution in [0.2, 0.25) is 0 Å². The first kappa shape index (κ1) is 20.7. The number of fused-ring (bicyclic) bond motifs is 1. The molecule has 1 heterocycles. The number of benzene rings is 3. The van der Waals surface area contributed by atoms with Crippen LogP contribution in [0.3, 0.4) is 0 Å². The van der Waals surface area contributed by atoms with E-state index in [2.05, 4.69) is 32.4 Å². The van der Waals surface area contributed by atoms with E-state index >= 15 is 0 Å². The third-order valence-electron chi connectivity index (χ3n) is 4.84. The summed E-state index contributed by atoms with van der Waals surface area (Å²) < 4.78 is 5.90. The van der Waals surface area contributed by atoms with E-state index in [0.29, 0.717) is 17.8 Å². The molecule has 1 aromatic heterocycles. The Balaban J connectivity index is 1.52. The van der Waals surface area contributed by atoms with Gasteiger partial charge >= 0.3 is 147 Å². The van der Waals surface area contributed by atoms with Crippen molar-refractivity contribution in [1.82, 2.24) is 10.2 Å². The molecular formula is C23H19AsN4O3. The van der Waals surface area contributed by atoms with Crippen molar-refractivity contribution in [3.8, 4) is 0 Å². The van der Waals surface area contributed by atoms with Gasteiger partial charge in [0.2, 0.25) is 0 Å². The minimum Gasteiger partial charge on any atom is -0.278 e. The fraction of sp³-hybridized carbons (Fsp3) is 0.0870. The van der Waals surface area contributed by atoms with Crippen LogP contribution in [0.4, 0.5) is 16.2 Å². The van der Waals surface area contributed by atoms with Gasteiger partial charge in [-0.15, -0.1) is 0 Å². The molecule has 31 heavy (non-hydrogen) atoms. The van der Waals surface area contributed by atoms with Gasteiger partial charge in [-0.2, -0.15) is 5.10 Å². The van der Waals surface area contributed by atoms with E-state index < -0.39 is 6.09 Å². The predicted molar refractivity (Wildman–Crippen MR) is 121 cm³/mol. The molecule has 4 aromatic rings. The van der Waals surface area contributed by atoms with Crippen LogP contribution in [0.15, 0.2) is 72.9 Å². The zero-order valence-electron chi connectivity index (χ0n) is 16.7. The Hall–Kier alpha value is -3.57. The Morgan fingerprint density at radius 1 is 1.10 bits per heavy atom. The van der Waals surface area contributed by atoms with Crippen LogP contribution >= 0.6 is 0 Å². The van der Waals surface area contributed by atoms with Gasteiger partial charge in [-0.05, 0) is 6.07 Å². The van der Waals surface area contributed by atoms with E-state index in [-0.39, 0.29) is 5.91 Å². The number of aromatic amines is 1. The van der Waals surface area contributed by atoms with Crippen LogP contribution in [0.1, 0.15) is 15.9 Å². The molecule has 0 aliphatic rings. The quantitative estimate of drug-likeness (QED) is 0.435. The summed E-state index contributed by atoms with van der Waals surface area (Å²) in [6.45, 7) is 0.299. The maximum absolute atomic E-state index is 12.6. The number of carbonyl (C=O) groups excluding carboxylic acids is 2. The van der Waals surface area contributed by atoms with Gasteiger partial charge in [0.1, 0.15) is 0 Å². The van der Waals surface area contributed by atoms with Gasteiger partial charge in [0, 0.05) is 5.39 Å². The number of hydrogen-bond donors (Lipinski definition) is 2. The number of hydrogen-bond acceptors (Lipinski definition) is 4. The van der Waals surface area contributed by atoms with Crippen LogP contribution in [0.5, 0.6) is 0 Å². The van der Waals surface area contributed by atoms with Gasteiger partial charge < -0.3 is 0 Å². The summed E-state index contributed by atoms with van der Waals surface area (Å²) in [5.74, 6) is -0.194. The number of nitrogens with zero attached hydrogens (tertiary/aromatic N) is 2. The second-order valence-electron chi connectivity index (χ2n) is 6.87. The summed E-state index contributed by atoms with van der Waals surface area (Å²) in [7, 11) is 1.35. The number of rotatable bonds is 5.